The minimum atomic E-state index is 0.971. The molecule has 2 heteroatoms. The van der Waals surface area contributed by atoms with E-state index in [1.54, 1.807) is 22.7 Å². The molecule has 0 saturated heterocycles. The van der Waals surface area contributed by atoms with Gasteiger partial charge in [-0.1, -0.05) is 24.0 Å². The van der Waals surface area contributed by atoms with Crippen molar-refractivity contribution in [3.05, 3.63) is 34.0 Å². The Morgan fingerprint density at radius 1 is 0.812 bits per heavy atom. The van der Waals surface area contributed by atoms with Gasteiger partial charge in [-0.3, -0.25) is 0 Å². The number of rotatable bonds is 0. The summed E-state index contributed by atoms with van der Waals surface area (Å²) in [7, 11) is 0. The number of thiophene rings is 2. The molecule has 3 aromatic rings. The van der Waals surface area contributed by atoms with Gasteiger partial charge in [0.15, 0.2) is 0 Å². The molecule has 0 aliphatic carbocycles. The zero-order valence-electron chi connectivity index (χ0n) is 8.28. The maximum Gasteiger partial charge on any atom is 0.0778 e. The number of hydrogen-bond acceptors (Lipinski definition) is 2. The standard InChI is InChI=1S/C14H6S2/c1-3-11-7-9-5-6-10-8-12(4-2)16-14(10)13(9)15-11/h1-2,5-8H. The smallest absolute Gasteiger partial charge is 0.0778 e. The van der Waals surface area contributed by atoms with E-state index >= 15 is 0 Å². The largest absolute Gasteiger partial charge is 0.125 e. The summed E-state index contributed by atoms with van der Waals surface area (Å²) in [5.74, 6) is 5.37. The van der Waals surface area contributed by atoms with Gasteiger partial charge >= 0.3 is 0 Å². The second-order valence-electron chi connectivity index (χ2n) is 3.41. The van der Waals surface area contributed by atoms with Crippen molar-refractivity contribution in [1.29, 1.82) is 0 Å². The highest BCUT2D eigenvalue weighted by Gasteiger charge is 2.07. The SMILES string of the molecule is C#Cc1cc2ccc3cc(C#C)sc3c2s1. The monoisotopic (exact) mass is 238 g/mol. The van der Waals surface area contributed by atoms with E-state index in [1.807, 2.05) is 0 Å². The third-order valence-electron chi connectivity index (χ3n) is 2.45. The highest BCUT2D eigenvalue weighted by Crippen LogP contribution is 2.36. The summed E-state index contributed by atoms with van der Waals surface area (Å²) >= 11 is 3.31. The zero-order valence-corrected chi connectivity index (χ0v) is 9.91. The van der Waals surface area contributed by atoms with Crippen LogP contribution in [0.15, 0.2) is 24.3 Å². The third kappa shape index (κ3) is 1.25. The van der Waals surface area contributed by atoms with E-state index in [9.17, 15) is 0 Å². The average Bonchev–Trinajstić information content (AvgIpc) is 2.90. The van der Waals surface area contributed by atoms with Gasteiger partial charge in [-0.25, -0.2) is 0 Å². The topological polar surface area (TPSA) is 0 Å². The first kappa shape index (κ1) is 9.48. The fourth-order valence-corrected chi connectivity index (χ4v) is 3.82. The van der Waals surface area contributed by atoms with Gasteiger partial charge < -0.3 is 0 Å². The maximum atomic E-state index is 5.42. The Balaban J connectivity index is 2.49. The van der Waals surface area contributed by atoms with Crippen LogP contribution >= 0.6 is 22.7 Å². The molecule has 74 valence electrons. The Labute approximate surface area is 102 Å². The maximum absolute atomic E-state index is 5.42. The summed E-state index contributed by atoms with van der Waals surface area (Å²) in [6.07, 6.45) is 10.8. The van der Waals surface area contributed by atoms with Crippen LogP contribution in [0.2, 0.25) is 0 Å². The van der Waals surface area contributed by atoms with Gasteiger partial charge in [-0.2, -0.15) is 0 Å². The molecule has 2 heterocycles. The predicted octanol–water partition coefficient (Wildman–Crippen LogP) is 4.08. The molecular weight excluding hydrogens is 232 g/mol. The van der Waals surface area contributed by atoms with Gasteiger partial charge in [-0.15, -0.1) is 35.5 Å². The molecule has 16 heavy (non-hydrogen) atoms. The molecule has 0 saturated carbocycles. The molecule has 2 aromatic heterocycles. The first-order valence-electron chi connectivity index (χ1n) is 4.71. The van der Waals surface area contributed by atoms with E-state index < -0.39 is 0 Å². The molecule has 0 nitrogen and oxygen atoms in total. The van der Waals surface area contributed by atoms with Gasteiger partial charge in [0, 0.05) is 0 Å². The van der Waals surface area contributed by atoms with E-state index in [0.717, 1.165) is 9.75 Å². The molecule has 0 amide bonds. The summed E-state index contributed by atoms with van der Waals surface area (Å²) in [4.78, 5) is 1.94. The van der Waals surface area contributed by atoms with E-state index in [2.05, 4.69) is 36.1 Å². The summed E-state index contributed by atoms with van der Waals surface area (Å²) in [5.41, 5.74) is 0. The van der Waals surface area contributed by atoms with E-state index in [0.29, 0.717) is 0 Å². The van der Waals surface area contributed by atoms with Crippen molar-refractivity contribution < 1.29 is 0 Å². The van der Waals surface area contributed by atoms with Gasteiger partial charge in [-0.05, 0) is 22.9 Å². The molecule has 0 aliphatic rings. The second-order valence-corrected chi connectivity index (χ2v) is 5.52. The average molecular weight is 238 g/mol. The molecule has 0 bridgehead atoms. The van der Waals surface area contributed by atoms with E-state index in [4.69, 9.17) is 12.8 Å². The lowest BCUT2D eigenvalue weighted by molar-refractivity contribution is 1.93. The van der Waals surface area contributed by atoms with Crippen LogP contribution < -0.4 is 0 Å². The Morgan fingerprint density at radius 3 is 1.62 bits per heavy atom. The lowest BCUT2D eigenvalue weighted by Crippen LogP contribution is -1.62. The van der Waals surface area contributed by atoms with Crippen LogP contribution in [0.1, 0.15) is 9.75 Å². The molecule has 0 spiro atoms. The molecule has 0 fully saturated rings. The number of hydrogen-bond donors (Lipinski definition) is 0. The van der Waals surface area contributed by atoms with Crippen molar-refractivity contribution in [2.75, 3.05) is 0 Å². The van der Waals surface area contributed by atoms with Gasteiger partial charge in [0.2, 0.25) is 0 Å². The van der Waals surface area contributed by atoms with Crippen molar-refractivity contribution >= 4 is 42.8 Å². The summed E-state index contributed by atoms with van der Waals surface area (Å²) in [5, 5.41) is 2.41. The highest BCUT2D eigenvalue weighted by molar-refractivity contribution is 7.27. The zero-order chi connectivity index (χ0) is 11.1. The Hall–Kier alpha value is -1.74. The van der Waals surface area contributed by atoms with Crippen LogP contribution in [0.25, 0.3) is 20.2 Å². The first-order valence-corrected chi connectivity index (χ1v) is 6.34. The lowest BCUT2D eigenvalue weighted by atomic mass is 10.2. The second kappa shape index (κ2) is 3.39. The van der Waals surface area contributed by atoms with Crippen LogP contribution in [0.3, 0.4) is 0 Å². The van der Waals surface area contributed by atoms with Crippen LogP contribution in [0.4, 0.5) is 0 Å². The van der Waals surface area contributed by atoms with E-state index in [-0.39, 0.29) is 0 Å². The van der Waals surface area contributed by atoms with Crippen molar-refractivity contribution in [3.63, 3.8) is 0 Å². The predicted molar refractivity (Wildman–Crippen MR) is 73.1 cm³/mol. The Bertz CT molecular complexity index is 705. The molecule has 0 N–H and O–H groups in total. The third-order valence-corrected chi connectivity index (χ3v) is 4.78. The number of terminal acetylenes is 2. The van der Waals surface area contributed by atoms with Crippen molar-refractivity contribution in [2.45, 2.75) is 0 Å². The van der Waals surface area contributed by atoms with Crippen LogP contribution in [0, 0.1) is 24.7 Å². The molecule has 0 aliphatic heterocycles. The molecule has 0 unspecified atom stereocenters. The molecule has 0 radical (unpaired) electrons. The fourth-order valence-electron chi connectivity index (χ4n) is 1.73. The molecule has 1 aromatic carbocycles. The quantitative estimate of drug-likeness (QED) is 0.518. The van der Waals surface area contributed by atoms with Crippen molar-refractivity contribution in [1.82, 2.24) is 0 Å². The van der Waals surface area contributed by atoms with Gasteiger partial charge in [0.1, 0.15) is 0 Å². The Kier molecular flexibility index (Phi) is 2.01. The van der Waals surface area contributed by atoms with Gasteiger partial charge in [0.05, 0.1) is 19.2 Å². The highest BCUT2D eigenvalue weighted by atomic mass is 32.1. The Morgan fingerprint density at radius 2 is 1.25 bits per heavy atom. The van der Waals surface area contributed by atoms with Crippen molar-refractivity contribution in [2.24, 2.45) is 0 Å². The molecular formula is C14H6S2. The minimum Gasteiger partial charge on any atom is -0.125 e. The van der Waals surface area contributed by atoms with E-state index in [1.165, 1.54) is 20.2 Å². The minimum absolute atomic E-state index is 0.971. The number of benzene rings is 1. The number of fused-ring (bicyclic) bond motifs is 3. The summed E-state index contributed by atoms with van der Waals surface area (Å²) < 4.78 is 2.49. The first-order chi connectivity index (χ1) is 7.81. The van der Waals surface area contributed by atoms with Crippen LogP contribution in [0.5, 0.6) is 0 Å². The fraction of sp³-hybridized carbons (Fsp3) is 0. The summed E-state index contributed by atoms with van der Waals surface area (Å²) in [6, 6.07) is 8.30. The molecule has 0 atom stereocenters. The van der Waals surface area contributed by atoms with Crippen LogP contribution in [-0.2, 0) is 0 Å². The van der Waals surface area contributed by atoms with Crippen molar-refractivity contribution in [3.8, 4) is 24.7 Å². The summed E-state index contributed by atoms with van der Waals surface area (Å²) in [6.45, 7) is 0. The normalized spacial score (nSPS) is 10.4. The lowest BCUT2D eigenvalue weighted by Gasteiger charge is -1.90. The van der Waals surface area contributed by atoms with Gasteiger partial charge in [0.25, 0.3) is 0 Å². The molecule has 3 rings (SSSR count). The van der Waals surface area contributed by atoms with Crippen LogP contribution in [-0.4, -0.2) is 0 Å².